The Labute approximate surface area is 76.2 Å². The number of fused-ring (bicyclic) bond motifs is 1. The highest BCUT2D eigenvalue weighted by molar-refractivity contribution is 7.88. The maximum absolute atomic E-state index is 10.5. The Bertz CT molecular complexity index is 480. The van der Waals surface area contributed by atoms with Crippen LogP contribution in [0, 0.1) is 0 Å². The summed E-state index contributed by atoms with van der Waals surface area (Å²) in [5.41, 5.74) is 0.583. The van der Waals surface area contributed by atoms with Gasteiger partial charge >= 0.3 is 0 Å². The normalized spacial score (nSPS) is 12.4. The monoisotopic (exact) mass is 220 g/mol. The van der Waals surface area contributed by atoms with Gasteiger partial charge in [0, 0.05) is 0 Å². The molecule has 0 atom stereocenters. The second-order valence-electron chi connectivity index (χ2n) is 2.03. The second-order valence-corrected chi connectivity index (χ2v) is 5.75. The van der Waals surface area contributed by atoms with Crippen molar-refractivity contribution >= 4 is 42.3 Å². The van der Waals surface area contributed by atoms with Crippen molar-refractivity contribution in [3.63, 3.8) is 0 Å². The molecule has 2 rings (SSSR count). The summed E-state index contributed by atoms with van der Waals surface area (Å²) >= 11 is 2.29. The van der Waals surface area contributed by atoms with E-state index >= 15 is 0 Å². The van der Waals surface area contributed by atoms with Gasteiger partial charge in [0.1, 0.15) is 4.01 Å². The van der Waals surface area contributed by atoms with Gasteiger partial charge < -0.3 is 4.55 Å². The van der Waals surface area contributed by atoms with Gasteiger partial charge in [-0.3, -0.25) is 0 Å². The number of rotatable bonds is 1. The summed E-state index contributed by atoms with van der Waals surface area (Å²) in [6.45, 7) is 0. The topological polar surface area (TPSA) is 70.1 Å². The van der Waals surface area contributed by atoms with E-state index < -0.39 is 10.1 Å². The van der Waals surface area contributed by atoms with Crippen molar-refractivity contribution in [1.82, 2.24) is 4.98 Å². The van der Waals surface area contributed by atoms with Gasteiger partial charge in [0.05, 0.1) is 5.52 Å². The quantitative estimate of drug-likeness (QED) is 0.678. The van der Waals surface area contributed by atoms with Crippen LogP contribution < -0.4 is 0 Å². The predicted molar refractivity (Wildman–Crippen MR) is 45.5 cm³/mol. The van der Waals surface area contributed by atoms with Crippen molar-refractivity contribution in [3.05, 3.63) is 11.4 Å². The highest BCUT2D eigenvalue weighted by Crippen LogP contribution is 2.29. The number of nitrogens with zero attached hydrogens (tertiary/aromatic N) is 1. The molecule has 2 aromatic heterocycles. The van der Waals surface area contributed by atoms with Crippen LogP contribution in [-0.4, -0.2) is 18.0 Å². The van der Waals surface area contributed by atoms with Crippen LogP contribution in [0.2, 0.25) is 0 Å². The van der Waals surface area contributed by atoms with Crippen molar-refractivity contribution in [2.75, 3.05) is 0 Å². The zero-order valence-electron chi connectivity index (χ0n) is 5.55. The number of hydrogen-bond donors (Lipinski definition) is 0. The first-order chi connectivity index (χ1) is 5.57. The summed E-state index contributed by atoms with van der Waals surface area (Å²) in [6.07, 6.45) is 0. The van der Waals surface area contributed by atoms with Crippen molar-refractivity contribution in [2.24, 2.45) is 0 Å². The molecule has 0 fully saturated rings. The summed E-state index contributed by atoms with van der Waals surface area (Å²) in [5.74, 6) is 0. The number of hydrogen-bond acceptors (Lipinski definition) is 6. The highest BCUT2D eigenvalue weighted by Gasteiger charge is 2.09. The molecule has 0 saturated heterocycles. The van der Waals surface area contributed by atoms with Gasteiger partial charge in [-0.15, -0.1) is 11.3 Å². The van der Waals surface area contributed by atoms with E-state index in [2.05, 4.69) is 4.98 Å². The first kappa shape index (κ1) is 8.11. The van der Waals surface area contributed by atoms with E-state index in [-0.39, 0.29) is 4.34 Å². The van der Waals surface area contributed by atoms with E-state index in [1.54, 1.807) is 11.4 Å². The summed E-state index contributed by atoms with van der Waals surface area (Å²) in [5, 5.41) is 1.80. The number of aromatic nitrogens is 1. The minimum atomic E-state index is -4.37. The molecule has 0 aliphatic heterocycles. The fraction of sp³-hybridized carbons (Fsp3) is 0. The van der Waals surface area contributed by atoms with E-state index in [1.807, 2.05) is 0 Å². The summed E-state index contributed by atoms with van der Waals surface area (Å²) in [7, 11) is -4.37. The van der Waals surface area contributed by atoms with Crippen molar-refractivity contribution in [1.29, 1.82) is 0 Å². The van der Waals surface area contributed by atoms with E-state index in [0.29, 0.717) is 5.52 Å². The zero-order chi connectivity index (χ0) is 8.77. The molecule has 12 heavy (non-hydrogen) atoms. The van der Waals surface area contributed by atoms with Gasteiger partial charge in [-0.05, 0) is 11.4 Å². The molecular formula is C5H2NO3S3-. The summed E-state index contributed by atoms with van der Waals surface area (Å²) in [6, 6.07) is 1.69. The molecule has 64 valence electrons. The summed E-state index contributed by atoms with van der Waals surface area (Å²) < 4.78 is 31.9. The van der Waals surface area contributed by atoms with Crippen molar-refractivity contribution in [2.45, 2.75) is 4.34 Å². The standard InChI is InChI=1S/C5H3NO3S3/c7-12(8,9)5-6-3-1-2-10-4(3)11-5/h1-2H,(H,7,8,9)/p-1. The van der Waals surface area contributed by atoms with Crippen LogP contribution in [0.4, 0.5) is 0 Å². The molecule has 0 unspecified atom stereocenters. The molecule has 0 aromatic carbocycles. The third-order valence-corrected chi connectivity index (χ3v) is 4.49. The molecule has 0 amide bonds. The molecule has 0 saturated carbocycles. The third kappa shape index (κ3) is 1.24. The van der Waals surface area contributed by atoms with E-state index in [4.69, 9.17) is 0 Å². The van der Waals surface area contributed by atoms with E-state index in [0.717, 1.165) is 15.4 Å². The smallest absolute Gasteiger partial charge is 0.198 e. The average Bonchev–Trinajstić information content (AvgIpc) is 2.37. The lowest BCUT2D eigenvalue weighted by Gasteiger charge is -1.98. The molecule has 0 aliphatic rings. The van der Waals surface area contributed by atoms with Crippen LogP contribution >= 0.6 is 22.7 Å². The molecule has 0 N–H and O–H groups in total. The maximum Gasteiger partial charge on any atom is 0.198 e. The Morgan fingerprint density at radius 3 is 2.83 bits per heavy atom. The minimum Gasteiger partial charge on any atom is -0.742 e. The van der Waals surface area contributed by atoms with Crippen LogP contribution in [0.3, 0.4) is 0 Å². The van der Waals surface area contributed by atoms with Gasteiger partial charge in [0.25, 0.3) is 0 Å². The Morgan fingerprint density at radius 2 is 2.25 bits per heavy atom. The van der Waals surface area contributed by atoms with E-state index in [9.17, 15) is 13.0 Å². The molecule has 7 heteroatoms. The highest BCUT2D eigenvalue weighted by atomic mass is 32.3. The minimum absolute atomic E-state index is 0.343. The van der Waals surface area contributed by atoms with Gasteiger partial charge in [-0.1, -0.05) is 11.3 Å². The third-order valence-electron chi connectivity index (χ3n) is 1.22. The van der Waals surface area contributed by atoms with Gasteiger partial charge in [0.15, 0.2) is 14.5 Å². The largest absolute Gasteiger partial charge is 0.742 e. The van der Waals surface area contributed by atoms with Gasteiger partial charge in [0.2, 0.25) is 0 Å². The van der Waals surface area contributed by atoms with Crippen LogP contribution in [0.15, 0.2) is 15.8 Å². The van der Waals surface area contributed by atoms with Gasteiger partial charge in [-0.2, -0.15) is 0 Å². The fourth-order valence-electron chi connectivity index (χ4n) is 0.755. The maximum atomic E-state index is 10.5. The van der Waals surface area contributed by atoms with Crippen LogP contribution in [0.25, 0.3) is 9.53 Å². The molecular weight excluding hydrogens is 218 g/mol. The Kier molecular flexibility index (Phi) is 1.69. The predicted octanol–water partition coefficient (Wildman–Crippen LogP) is 1.26. The van der Waals surface area contributed by atoms with Crippen LogP contribution in [-0.2, 0) is 10.1 Å². The Balaban J connectivity index is 2.75. The molecule has 2 heterocycles. The van der Waals surface area contributed by atoms with E-state index in [1.165, 1.54) is 11.3 Å². The molecule has 0 spiro atoms. The fourth-order valence-corrected chi connectivity index (χ4v) is 3.45. The Morgan fingerprint density at radius 1 is 1.50 bits per heavy atom. The first-order valence-electron chi connectivity index (χ1n) is 2.87. The number of thiazole rings is 1. The molecule has 0 bridgehead atoms. The SMILES string of the molecule is O=S(=O)([O-])c1nc2ccsc2s1. The van der Waals surface area contributed by atoms with Crippen LogP contribution in [0.5, 0.6) is 0 Å². The first-order valence-corrected chi connectivity index (χ1v) is 5.98. The second kappa shape index (κ2) is 2.49. The molecule has 2 aromatic rings. The van der Waals surface area contributed by atoms with Crippen molar-refractivity contribution in [3.8, 4) is 0 Å². The lowest BCUT2D eigenvalue weighted by molar-refractivity contribution is 0.462. The average molecular weight is 220 g/mol. The van der Waals surface area contributed by atoms with Crippen molar-refractivity contribution < 1.29 is 13.0 Å². The molecule has 0 radical (unpaired) electrons. The lowest BCUT2D eigenvalue weighted by atomic mass is 10.6. The Hall–Kier alpha value is -0.500. The van der Waals surface area contributed by atoms with Crippen LogP contribution in [0.1, 0.15) is 0 Å². The zero-order valence-corrected chi connectivity index (χ0v) is 8.00. The van der Waals surface area contributed by atoms with Gasteiger partial charge in [-0.25, -0.2) is 13.4 Å². The molecule has 0 aliphatic carbocycles. The molecule has 4 nitrogen and oxygen atoms in total. The summed E-state index contributed by atoms with van der Waals surface area (Å²) in [4.78, 5) is 3.67. The lowest BCUT2D eigenvalue weighted by Crippen LogP contribution is -1.96. The number of thiophene rings is 1.